The molecule has 0 saturated heterocycles. The Hall–Kier alpha value is -2.12. The second kappa shape index (κ2) is 10.3. The van der Waals surface area contributed by atoms with E-state index in [1.165, 1.54) is 0 Å². The molecule has 6 heteroatoms. The third kappa shape index (κ3) is 4.99. The van der Waals surface area contributed by atoms with Crippen LogP contribution in [0.1, 0.15) is 18.1 Å². The van der Waals surface area contributed by atoms with E-state index in [0.717, 1.165) is 11.1 Å². The van der Waals surface area contributed by atoms with Gasteiger partial charge in [-0.05, 0) is 35.4 Å². The predicted molar refractivity (Wildman–Crippen MR) is 102 cm³/mol. The van der Waals surface area contributed by atoms with Crippen LogP contribution in [0.3, 0.4) is 0 Å². The number of benzene rings is 2. The van der Waals surface area contributed by atoms with Crippen LogP contribution >= 0.6 is 0 Å². The smallest absolute Gasteiger partial charge is 0.119 e. The largest absolute Gasteiger partial charge is 0.491 e. The van der Waals surface area contributed by atoms with Crippen LogP contribution < -0.4 is 9.47 Å². The van der Waals surface area contributed by atoms with Gasteiger partial charge in [0.1, 0.15) is 24.7 Å². The Bertz CT molecular complexity index is 613. The summed E-state index contributed by atoms with van der Waals surface area (Å²) in [4.78, 5) is 0. The summed E-state index contributed by atoms with van der Waals surface area (Å²) in [5.74, 6) is 0.894. The number of rotatable bonds is 11. The molecule has 0 aromatic heterocycles. The average Bonchev–Trinajstić information content (AvgIpc) is 2.72. The summed E-state index contributed by atoms with van der Waals surface area (Å²) >= 11 is 0. The first-order chi connectivity index (χ1) is 13.1. The van der Waals surface area contributed by atoms with Crippen molar-refractivity contribution in [3.63, 3.8) is 0 Å². The molecular formula is C21H28O6. The number of aliphatic hydroxyl groups is 4. The molecule has 0 saturated carbocycles. The summed E-state index contributed by atoms with van der Waals surface area (Å²) in [5, 5.41) is 37.5. The highest BCUT2D eigenvalue weighted by atomic mass is 16.5. The highest BCUT2D eigenvalue weighted by Gasteiger charge is 2.37. The van der Waals surface area contributed by atoms with E-state index in [1.807, 2.05) is 55.5 Å². The van der Waals surface area contributed by atoms with Crippen molar-refractivity contribution in [3.8, 4) is 11.5 Å². The minimum absolute atomic E-state index is 0.0543. The van der Waals surface area contributed by atoms with Crippen molar-refractivity contribution in [2.24, 2.45) is 5.92 Å². The highest BCUT2D eigenvalue weighted by molar-refractivity contribution is 5.43. The average molecular weight is 376 g/mol. The molecule has 0 bridgehead atoms. The lowest BCUT2D eigenvalue weighted by Crippen LogP contribution is -2.38. The van der Waals surface area contributed by atoms with Gasteiger partial charge in [0.15, 0.2) is 0 Å². The standard InChI is InChI=1S/C21H28O6/c1-21(18(14-24)15-25,16-2-6-19(7-3-16)26-12-10-22)17-4-8-20(9-5-17)27-13-11-23/h2-9,18,22-25H,10-15H2,1H3. The van der Waals surface area contributed by atoms with Crippen LogP contribution in [-0.2, 0) is 5.41 Å². The summed E-state index contributed by atoms with van der Waals surface area (Å²) in [6.07, 6.45) is 0. The molecule has 0 atom stereocenters. The van der Waals surface area contributed by atoms with Gasteiger partial charge in [0.05, 0.1) is 13.2 Å². The SMILES string of the molecule is CC(c1ccc(OCCO)cc1)(c1ccc(OCCO)cc1)C(CO)CO. The van der Waals surface area contributed by atoms with Gasteiger partial charge in [0.25, 0.3) is 0 Å². The van der Waals surface area contributed by atoms with Crippen molar-refractivity contribution < 1.29 is 29.9 Å². The van der Waals surface area contributed by atoms with Gasteiger partial charge in [-0.1, -0.05) is 31.2 Å². The summed E-state index contributed by atoms with van der Waals surface area (Å²) in [6.45, 7) is 1.99. The number of hydrogen-bond acceptors (Lipinski definition) is 6. The van der Waals surface area contributed by atoms with Crippen molar-refractivity contribution in [3.05, 3.63) is 59.7 Å². The fraction of sp³-hybridized carbons (Fsp3) is 0.429. The van der Waals surface area contributed by atoms with Crippen LogP contribution in [0.4, 0.5) is 0 Å². The molecule has 148 valence electrons. The normalized spacial score (nSPS) is 11.6. The molecule has 2 aromatic rings. The minimum atomic E-state index is -0.630. The van der Waals surface area contributed by atoms with Crippen LogP contribution in [0.15, 0.2) is 48.5 Å². The number of aliphatic hydroxyl groups excluding tert-OH is 4. The van der Waals surface area contributed by atoms with E-state index in [0.29, 0.717) is 11.5 Å². The molecule has 2 aromatic carbocycles. The van der Waals surface area contributed by atoms with Gasteiger partial charge in [-0.15, -0.1) is 0 Å². The maximum Gasteiger partial charge on any atom is 0.119 e. The highest BCUT2D eigenvalue weighted by Crippen LogP contribution is 2.40. The van der Waals surface area contributed by atoms with E-state index in [1.54, 1.807) is 0 Å². The van der Waals surface area contributed by atoms with E-state index in [4.69, 9.17) is 19.7 Å². The van der Waals surface area contributed by atoms with E-state index in [-0.39, 0.29) is 39.6 Å². The first kappa shape index (κ1) is 21.2. The Morgan fingerprint density at radius 1 is 0.704 bits per heavy atom. The quantitative estimate of drug-likeness (QED) is 0.472. The zero-order valence-electron chi connectivity index (χ0n) is 15.5. The van der Waals surface area contributed by atoms with E-state index in [9.17, 15) is 10.2 Å². The van der Waals surface area contributed by atoms with Gasteiger partial charge in [0.2, 0.25) is 0 Å². The lowest BCUT2D eigenvalue weighted by Gasteiger charge is -2.37. The molecule has 4 N–H and O–H groups in total. The number of hydrogen-bond donors (Lipinski definition) is 4. The molecule has 6 nitrogen and oxygen atoms in total. The van der Waals surface area contributed by atoms with Crippen molar-refractivity contribution in [1.82, 2.24) is 0 Å². The van der Waals surface area contributed by atoms with Crippen molar-refractivity contribution in [1.29, 1.82) is 0 Å². The Kier molecular flexibility index (Phi) is 8.06. The zero-order chi connectivity index (χ0) is 19.7. The molecule has 0 unspecified atom stereocenters. The topological polar surface area (TPSA) is 99.4 Å². The molecule has 0 radical (unpaired) electrons. The van der Waals surface area contributed by atoms with Gasteiger partial charge in [-0.25, -0.2) is 0 Å². The maximum atomic E-state index is 9.86. The second-order valence-electron chi connectivity index (χ2n) is 6.46. The van der Waals surface area contributed by atoms with Gasteiger partial charge in [-0.3, -0.25) is 0 Å². The van der Waals surface area contributed by atoms with Crippen LogP contribution in [0.25, 0.3) is 0 Å². The fourth-order valence-corrected chi connectivity index (χ4v) is 3.18. The van der Waals surface area contributed by atoms with Crippen LogP contribution in [0.5, 0.6) is 11.5 Å². The minimum Gasteiger partial charge on any atom is -0.491 e. The molecule has 0 amide bonds. The molecule has 0 aliphatic heterocycles. The Morgan fingerprint density at radius 3 is 1.37 bits per heavy atom. The van der Waals surface area contributed by atoms with Crippen molar-refractivity contribution in [2.45, 2.75) is 12.3 Å². The third-order valence-electron chi connectivity index (χ3n) is 4.89. The summed E-state index contributed by atoms with van der Waals surface area (Å²) < 4.78 is 10.8. The third-order valence-corrected chi connectivity index (χ3v) is 4.89. The Morgan fingerprint density at radius 2 is 1.07 bits per heavy atom. The lowest BCUT2D eigenvalue weighted by atomic mass is 9.67. The first-order valence-corrected chi connectivity index (χ1v) is 9.00. The van der Waals surface area contributed by atoms with E-state index >= 15 is 0 Å². The molecule has 0 aliphatic rings. The van der Waals surface area contributed by atoms with Crippen LogP contribution in [-0.4, -0.2) is 60.1 Å². The maximum absolute atomic E-state index is 9.86. The van der Waals surface area contributed by atoms with E-state index in [2.05, 4.69) is 0 Å². The monoisotopic (exact) mass is 376 g/mol. The summed E-state index contributed by atoms with van der Waals surface area (Å²) in [7, 11) is 0. The molecule has 2 rings (SSSR count). The predicted octanol–water partition coefficient (Wildman–Crippen LogP) is 1.34. The van der Waals surface area contributed by atoms with Gasteiger partial charge in [-0.2, -0.15) is 0 Å². The van der Waals surface area contributed by atoms with Gasteiger partial charge < -0.3 is 29.9 Å². The molecule has 0 heterocycles. The Labute approximate surface area is 159 Å². The van der Waals surface area contributed by atoms with Crippen molar-refractivity contribution in [2.75, 3.05) is 39.6 Å². The zero-order valence-corrected chi connectivity index (χ0v) is 15.5. The van der Waals surface area contributed by atoms with E-state index < -0.39 is 11.3 Å². The van der Waals surface area contributed by atoms with Crippen molar-refractivity contribution >= 4 is 0 Å². The molecule has 27 heavy (non-hydrogen) atoms. The van der Waals surface area contributed by atoms with Gasteiger partial charge in [0, 0.05) is 24.5 Å². The van der Waals surface area contributed by atoms with Crippen LogP contribution in [0, 0.1) is 5.92 Å². The first-order valence-electron chi connectivity index (χ1n) is 9.00. The fourth-order valence-electron chi connectivity index (χ4n) is 3.18. The molecule has 0 spiro atoms. The molecule has 0 fully saturated rings. The lowest BCUT2D eigenvalue weighted by molar-refractivity contribution is 0.108. The van der Waals surface area contributed by atoms with Crippen LogP contribution in [0.2, 0.25) is 0 Å². The van der Waals surface area contributed by atoms with Gasteiger partial charge >= 0.3 is 0 Å². The second-order valence-corrected chi connectivity index (χ2v) is 6.46. The summed E-state index contributed by atoms with van der Waals surface area (Å²) in [6, 6.07) is 14.9. The molecule has 0 aliphatic carbocycles. The molecular weight excluding hydrogens is 348 g/mol. The summed E-state index contributed by atoms with van der Waals surface area (Å²) in [5.41, 5.74) is 1.22. The Balaban J connectivity index is 2.37. The number of ether oxygens (including phenoxy) is 2.